The van der Waals surface area contributed by atoms with Gasteiger partial charge in [-0.25, -0.2) is 4.79 Å². The van der Waals surface area contributed by atoms with E-state index in [1.165, 1.54) is 37.3 Å². The molecule has 0 saturated carbocycles. The van der Waals surface area contributed by atoms with Gasteiger partial charge in [-0.05, 0) is 50.6 Å². The molecule has 0 bridgehead atoms. The van der Waals surface area contributed by atoms with Gasteiger partial charge in [0.05, 0.1) is 17.2 Å². The molecule has 0 aliphatic rings. The zero-order valence-electron chi connectivity index (χ0n) is 18.8. The predicted molar refractivity (Wildman–Crippen MR) is 129 cm³/mol. The standard InChI is InChI=1S/C24H23ClN4O5/c1-15-21(16(2)28(27-15)14-18-6-4-5-7-22(18)25)12-13-23(30)34-17(3)24(31)26-19-8-10-20(11-9-19)29(32)33/h4-13,17H,14H2,1-3H3,(H,26,31)/b13-12+. The number of nitro benzene ring substituents is 1. The molecule has 3 rings (SSSR count). The van der Waals surface area contributed by atoms with Crippen LogP contribution in [0.2, 0.25) is 5.02 Å². The minimum atomic E-state index is -1.07. The van der Waals surface area contributed by atoms with Crippen molar-refractivity contribution in [3.05, 3.63) is 92.3 Å². The zero-order valence-corrected chi connectivity index (χ0v) is 19.6. The first-order chi connectivity index (χ1) is 16.2. The van der Waals surface area contributed by atoms with E-state index in [1.54, 1.807) is 6.08 Å². The van der Waals surface area contributed by atoms with Crippen LogP contribution in [-0.2, 0) is 20.9 Å². The molecule has 0 radical (unpaired) electrons. The van der Waals surface area contributed by atoms with Crippen molar-refractivity contribution in [3.8, 4) is 0 Å². The Morgan fingerprint density at radius 3 is 2.53 bits per heavy atom. The number of nitro groups is 1. The SMILES string of the molecule is Cc1nn(Cc2ccccc2Cl)c(C)c1/C=C/C(=O)OC(C)C(=O)Nc1ccc([N+](=O)[O-])cc1. The van der Waals surface area contributed by atoms with E-state index >= 15 is 0 Å². The second-order valence-corrected chi connectivity index (χ2v) is 7.95. The van der Waals surface area contributed by atoms with Crippen molar-refractivity contribution in [2.24, 2.45) is 0 Å². The summed E-state index contributed by atoms with van der Waals surface area (Å²) in [6.07, 6.45) is 1.77. The van der Waals surface area contributed by atoms with Crippen LogP contribution in [0.25, 0.3) is 6.08 Å². The van der Waals surface area contributed by atoms with Crippen LogP contribution in [0.1, 0.15) is 29.4 Å². The second kappa shape index (κ2) is 10.8. The molecule has 2 aromatic carbocycles. The number of hydrogen-bond acceptors (Lipinski definition) is 6. The number of aromatic nitrogens is 2. The first-order valence-corrected chi connectivity index (χ1v) is 10.7. The van der Waals surface area contributed by atoms with Gasteiger partial charge >= 0.3 is 5.97 Å². The van der Waals surface area contributed by atoms with E-state index in [9.17, 15) is 19.7 Å². The van der Waals surface area contributed by atoms with Gasteiger partial charge in [-0.1, -0.05) is 29.8 Å². The summed E-state index contributed by atoms with van der Waals surface area (Å²) >= 11 is 6.24. The molecule has 176 valence electrons. The van der Waals surface area contributed by atoms with Crippen LogP contribution < -0.4 is 5.32 Å². The highest BCUT2D eigenvalue weighted by atomic mass is 35.5. The van der Waals surface area contributed by atoms with Crippen molar-refractivity contribution in [3.63, 3.8) is 0 Å². The molecule has 34 heavy (non-hydrogen) atoms. The maximum Gasteiger partial charge on any atom is 0.331 e. The number of halogens is 1. The quantitative estimate of drug-likeness (QED) is 0.215. The smallest absolute Gasteiger partial charge is 0.331 e. The fourth-order valence-electron chi connectivity index (χ4n) is 3.22. The van der Waals surface area contributed by atoms with E-state index in [-0.39, 0.29) is 5.69 Å². The van der Waals surface area contributed by atoms with Crippen molar-refractivity contribution in [1.82, 2.24) is 9.78 Å². The molecule has 1 aromatic heterocycles. The summed E-state index contributed by atoms with van der Waals surface area (Å²) in [4.78, 5) is 34.7. The highest BCUT2D eigenvalue weighted by molar-refractivity contribution is 6.31. The molecule has 1 heterocycles. The Bertz CT molecular complexity index is 1250. The van der Waals surface area contributed by atoms with Crippen LogP contribution in [0.15, 0.2) is 54.6 Å². The van der Waals surface area contributed by atoms with Crippen LogP contribution in [0, 0.1) is 24.0 Å². The number of rotatable bonds is 8. The lowest BCUT2D eigenvalue weighted by molar-refractivity contribution is -0.384. The topological polar surface area (TPSA) is 116 Å². The van der Waals surface area contributed by atoms with Gasteiger partial charge in [0.1, 0.15) is 0 Å². The molecule has 1 amide bonds. The maximum absolute atomic E-state index is 12.3. The molecule has 0 aliphatic carbocycles. The van der Waals surface area contributed by atoms with Crippen LogP contribution in [-0.4, -0.2) is 32.7 Å². The van der Waals surface area contributed by atoms with Crippen LogP contribution in [0.5, 0.6) is 0 Å². The molecular weight excluding hydrogens is 460 g/mol. The Morgan fingerprint density at radius 2 is 1.88 bits per heavy atom. The molecule has 0 saturated heterocycles. The third-order valence-corrected chi connectivity index (χ3v) is 5.48. The van der Waals surface area contributed by atoms with Crippen LogP contribution in [0.4, 0.5) is 11.4 Å². The van der Waals surface area contributed by atoms with Gasteiger partial charge in [-0.15, -0.1) is 0 Å². The summed E-state index contributed by atoms with van der Waals surface area (Å²) in [5.74, 6) is -1.25. The Morgan fingerprint density at radius 1 is 1.21 bits per heavy atom. The van der Waals surface area contributed by atoms with Gasteiger partial charge in [0.2, 0.25) is 0 Å². The number of nitrogens with one attached hydrogen (secondary N) is 1. The summed E-state index contributed by atoms with van der Waals surface area (Å²) in [6, 6.07) is 12.8. The molecule has 1 unspecified atom stereocenters. The van der Waals surface area contributed by atoms with Crippen LogP contribution >= 0.6 is 11.6 Å². The number of amides is 1. The Labute approximate surface area is 201 Å². The van der Waals surface area contributed by atoms with Crippen molar-refractivity contribution < 1.29 is 19.2 Å². The summed E-state index contributed by atoms with van der Waals surface area (Å²) in [5.41, 5.74) is 3.54. The summed E-state index contributed by atoms with van der Waals surface area (Å²) in [7, 11) is 0. The number of carbonyl (C=O) groups is 2. The van der Waals surface area contributed by atoms with Crippen molar-refractivity contribution >= 4 is 40.9 Å². The highest BCUT2D eigenvalue weighted by Gasteiger charge is 2.18. The molecule has 9 nitrogen and oxygen atoms in total. The van der Waals surface area contributed by atoms with E-state index in [0.717, 1.165) is 22.5 Å². The van der Waals surface area contributed by atoms with Crippen molar-refractivity contribution in [1.29, 1.82) is 0 Å². The monoisotopic (exact) mass is 482 g/mol. The number of ether oxygens (including phenoxy) is 1. The van der Waals surface area contributed by atoms with E-state index < -0.39 is 22.9 Å². The number of hydrogen-bond donors (Lipinski definition) is 1. The third kappa shape index (κ3) is 6.08. The summed E-state index contributed by atoms with van der Waals surface area (Å²) in [6.45, 7) is 5.65. The molecule has 10 heteroatoms. The first kappa shape index (κ1) is 24.7. The molecule has 0 spiro atoms. The molecule has 1 atom stereocenters. The van der Waals surface area contributed by atoms with E-state index in [2.05, 4.69) is 10.4 Å². The summed E-state index contributed by atoms with van der Waals surface area (Å²) in [5, 5.41) is 18.4. The number of anilines is 1. The lowest BCUT2D eigenvalue weighted by atomic mass is 10.1. The predicted octanol–water partition coefficient (Wildman–Crippen LogP) is 4.69. The average molecular weight is 483 g/mol. The largest absolute Gasteiger partial charge is 0.449 e. The highest BCUT2D eigenvalue weighted by Crippen LogP contribution is 2.20. The fourth-order valence-corrected chi connectivity index (χ4v) is 3.42. The fraction of sp³-hybridized carbons (Fsp3) is 0.208. The Balaban J connectivity index is 1.60. The number of non-ortho nitro benzene ring substituents is 1. The number of carbonyl (C=O) groups excluding carboxylic acids is 2. The maximum atomic E-state index is 12.3. The van der Waals surface area contributed by atoms with E-state index in [4.69, 9.17) is 16.3 Å². The molecule has 0 fully saturated rings. The van der Waals surface area contributed by atoms with Gasteiger partial charge in [-0.2, -0.15) is 5.10 Å². The Kier molecular flexibility index (Phi) is 7.80. The molecule has 3 aromatic rings. The molecule has 1 N–H and O–H groups in total. The van der Waals surface area contributed by atoms with Gasteiger partial charge in [0, 0.05) is 40.2 Å². The summed E-state index contributed by atoms with van der Waals surface area (Å²) < 4.78 is 6.98. The van der Waals surface area contributed by atoms with E-state index in [1.807, 2.05) is 42.8 Å². The van der Waals surface area contributed by atoms with E-state index in [0.29, 0.717) is 17.3 Å². The molecule has 0 aliphatic heterocycles. The van der Waals surface area contributed by atoms with Gasteiger partial charge in [0.25, 0.3) is 11.6 Å². The lowest BCUT2D eigenvalue weighted by Gasteiger charge is -2.12. The van der Waals surface area contributed by atoms with Gasteiger partial charge in [0.15, 0.2) is 6.10 Å². The first-order valence-electron chi connectivity index (χ1n) is 10.4. The normalized spacial score (nSPS) is 11.9. The number of benzene rings is 2. The van der Waals surface area contributed by atoms with Gasteiger partial charge < -0.3 is 10.1 Å². The van der Waals surface area contributed by atoms with Crippen LogP contribution in [0.3, 0.4) is 0 Å². The van der Waals surface area contributed by atoms with Crippen molar-refractivity contribution in [2.45, 2.75) is 33.4 Å². The minimum Gasteiger partial charge on any atom is -0.449 e. The zero-order chi connectivity index (χ0) is 24.8. The van der Waals surface area contributed by atoms with Gasteiger partial charge in [-0.3, -0.25) is 19.6 Å². The van der Waals surface area contributed by atoms with Crippen molar-refractivity contribution in [2.75, 3.05) is 5.32 Å². The lowest BCUT2D eigenvalue weighted by Crippen LogP contribution is -2.29. The Hall–Kier alpha value is -3.98. The number of nitrogens with zero attached hydrogens (tertiary/aromatic N) is 3. The minimum absolute atomic E-state index is 0.0941. The third-order valence-electron chi connectivity index (χ3n) is 5.11. The molecular formula is C24H23ClN4O5. The number of esters is 1. The average Bonchev–Trinajstić information content (AvgIpc) is 3.06. The number of aryl methyl sites for hydroxylation is 1. The second-order valence-electron chi connectivity index (χ2n) is 7.54.